The standard InChI is InChI=1S/C17H15ClFN3O2S/c1-8-14(17(23)24-3)15(11-5-4-10(19)6-12(11)18)22-16(20-8)13-7-25-9(2)21-13/h4-7,15H,1-3H3,(H,20,22)/t15-/m0/s1. The first-order chi connectivity index (χ1) is 11.9. The van der Waals surface area contributed by atoms with Gasteiger partial charge in [0.1, 0.15) is 17.6 Å². The Morgan fingerprint density at radius 3 is 2.76 bits per heavy atom. The van der Waals surface area contributed by atoms with Crippen molar-refractivity contribution in [2.24, 2.45) is 4.99 Å². The zero-order valence-electron chi connectivity index (χ0n) is 13.8. The highest BCUT2D eigenvalue weighted by atomic mass is 35.5. The summed E-state index contributed by atoms with van der Waals surface area (Å²) in [5.41, 5.74) is 2.11. The van der Waals surface area contributed by atoms with E-state index >= 15 is 0 Å². The zero-order chi connectivity index (χ0) is 18.1. The van der Waals surface area contributed by atoms with Gasteiger partial charge in [-0.3, -0.25) is 4.99 Å². The van der Waals surface area contributed by atoms with Gasteiger partial charge in [-0.1, -0.05) is 17.7 Å². The van der Waals surface area contributed by atoms with Gasteiger partial charge in [0.2, 0.25) is 0 Å². The van der Waals surface area contributed by atoms with Gasteiger partial charge in [0, 0.05) is 21.7 Å². The van der Waals surface area contributed by atoms with Gasteiger partial charge in [-0.25, -0.2) is 14.2 Å². The maximum atomic E-state index is 13.4. The number of rotatable bonds is 3. The smallest absolute Gasteiger partial charge is 0.338 e. The summed E-state index contributed by atoms with van der Waals surface area (Å²) in [6, 6.07) is 3.30. The molecular formula is C17H15ClFN3O2S. The predicted octanol–water partition coefficient (Wildman–Crippen LogP) is 3.78. The van der Waals surface area contributed by atoms with Crippen LogP contribution < -0.4 is 5.32 Å². The molecule has 2 heterocycles. The van der Waals surface area contributed by atoms with Crippen molar-refractivity contribution in [1.29, 1.82) is 0 Å². The number of nitrogens with zero attached hydrogens (tertiary/aromatic N) is 2. The SMILES string of the molecule is COC(=O)C1=C(C)NC(c2csc(C)n2)=N[C@H]1c1ccc(F)cc1Cl. The molecule has 2 aromatic rings. The Bertz CT molecular complexity index is 907. The molecular weight excluding hydrogens is 365 g/mol. The van der Waals surface area contributed by atoms with Gasteiger partial charge in [-0.05, 0) is 26.0 Å². The number of nitrogens with one attached hydrogen (secondary N) is 1. The lowest BCUT2D eigenvalue weighted by atomic mass is 9.95. The van der Waals surface area contributed by atoms with Crippen LogP contribution in [0.25, 0.3) is 0 Å². The summed E-state index contributed by atoms with van der Waals surface area (Å²) in [4.78, 5) is 21.3. The van der Waals surface area contributed by atoms with E-state index in [1.54, 1.807) is 6.92 Å². The number of methoxy groups -OCH3 is 1. The maximum Gasteiger partial charge on any atom is 0.338 e. The van der Waals surface area contributed by atoms with E-state index in [0.717, 1.165) is 5.01 Å². The van der Waals surface area contributed by atoms with Gasteiger partial charge in [0.05, 0.1) is 17.7 Å². The van der Waals surface area contributed by atoms with Crippen molar-refractivity contribution >= 4 is 34.7 Å². The molecule has 1 N–H and O–H groups in total. The lowest BCUT2D eigenvalue weighted by Gasteiger charge is -2.25. The molecule has 0 bridgehead atoms. The van der Waals surface area contributed by atoms with Crippen LogP contribution in [0.5, 0.6) is 0 Å². The van der Waals surface area contributed by atoms with E-state index in [4.69, 9.17) is 16.3 Å². The molecule has 0 fully saturated rings. The van der Waals surface area contributed by atoms with Crippen LogP contribution >= 0.6 is 22.9 Å². The second-order valence-corrected chi connectivity index (χ2v) is 6.92. The van der Waals surface area contributed by atoms with Crippen molar-refractivity contribution in [2.45, 2.75) is 19.9 Å². The lowest BCUT2D eigenvalue weighted by Crippen LogP contribution is -2.32. The van der Waals surface area contributed by atoms with Gasteiger partial charge in [0.25, 0.3) is 0 Å². The van der Waals surface area contributed by atoms with Gasteiger partial charge < -0.3 is 10.1 Å². The molecule has 0 aliphatic carbocycles. The Hall–Kier alpha value is -2.25. The third-order valence-corrected chi connectivity index (χ3v) is 4.87. The first-order valence-electron chi connectivity index (χ1n) is 7.42. The highest BCUT2D eigenvalue weighted by molar-refractivity contribution is 7.09. The van der Waals surface area contributed by atoms with Crippen molar-refractivity contribution in [3.05, 3.63) is 62.0 Å². The number of esters is 1. The van der Waals surface area contributed by atoms with E-state index in [9.17, 15) is 9.18 Å². The summed E-state index contributed by atoms with van der Waals surface area (Å²) in [6.45, 7) is 3.65. The van der Waals surface area contributed by atoms with Crippen LogP contribution in [-0.4, -0.2) is 23.9 Å². The number of hydrogen-bond acceptors (Lipinski definition) is 6. The Labute approximate surface area is 153 Å². The summed E-state index contributed by atoms with van der Waals surface area (Å²) in [5, 5.41) is 6.07. The average Bonchev–Trinajstić information content (AvgIpc) is 3.00. The van der Waals surface area contributed by atoms with Gasteiger partial charge in [-0.15, -0.1) is 11.3 Å². The number of ether oxygens (including phenoxy) is 1. The molecule has 3 rings (SSSR count). The first kappa shape index (κ1) is 17.6. The molecule has 1 aromatic carbocycles. The Morgan fingerprint density at radius 2 is 2.16 bits per heavy atom. The van der Waals surface area contributed by atoms with Crippen molar-refractivity contribution in [2.75, 3.05) is 7.11 Å². The van der Waals surface area contributed by atoms with E-state index in [-0.39, 0.29) is 5.02 Å². The summed E-state index contributed by atoms with van der Waals surface area (Å²) in [5.74, 6) is -0.449. The van der Waals surface area contributed by atoms with Crippen LogP contribution in [0.4, 0.5) is 4.39 Å². The van der Waals surface area contributed by atoms with E-state index in [0.29, 0.717) is 28.4 Å². The molecule has 1 aliphatic rings. The summed E-state index contributed by atoms with van der Waals surface area (Å²) in [6.07, 6.45) is 0. The normalized spacial score (nSPS) is 17.2. The quantitative estimate of drug-likeness (QED) is 0.824. The molecule has 0 radical (unpaired) electrons. The lowest BCUT2D eigenvalue weighted by molar-refractivity contribution is -0.136. The third kappa shape index (κ3) is 3.43. The largest absolute Gasteiger partial charge is 0.466 e. The maximum absolute atomic E-state index is 13.4. The highest BCUT2D eigenvalue weighted by Gasteiger charge is 2.32. The molecule has 0 unspecified atom stereocenters. The fraction of sp³-hybridized carbons (Fsp3) is 0.235. The monoisotopic (exact) mass is 379 g/mol. The number of thiazole rings is 1. The minimum atomic E-state index is -0.709. The van der Waals surface area contributed by atoms with Crippen molar-refractivity contribution in [3.63, 3.8) is 0 Å². The molecule has 1 aliphatic heterocycles. The van der Waals surface area contributed by atoms with Crippen LogP contribution in [-0.2, 0) is 9.53 Å². The second kappa shape index (κ2) is 6.93. The molecule has 0 amide bonds. The zero-order valence-corrected chi connectivity index (χ0v) is 15.3. The molecule has 130 valence electrons. The first-order valence-corrected chi connectivity index (χ1v) is 8.67. The summed E-state index contributed by atoms with van der Waals surface area (Å²) < 4.78 is 18.3. The molecule has 25 heavy (non-hydrogen) atoms. The topological polar surface area (TPSA) is 63.6 Å². The van der Waals surface area contributed by atoms with Gasteiger partial charge >= 0.3 is 5.97 Å². The van der Waals surface area contributed by atoms with Crippen molar-refractivity contribution in [3.8, 4) is 0 Å². The predicted molar refractivity (Wildman–Crippen MR) is 95.4 cm³/mol. The number of aromatic nitrogens is 1. The number of aliphatic imine (C=N–C) groups is 1. The van der Waals surface area contributed by atoms with Crippen molar-refractivity contribution < 1.29 is 13.9 Å². The fourth-order valence-electron chi connectivity index (χ4n) is 2.60. The summed E-state index contributed by atoms with van der Waals surface area (Å²) >= 11 is 7.70. The molecule has 0 spiro atoms. The second-order valence-electron chi connectivity index (χ2n) is 5.45. The minimum Gasteiger partial charge on any atom is -0.466 e. The van der Waals surface area contributed by atoms with E-state index in [1.165, 1.54) is 36.6 Å². The van der Waals surface area contributed by atoms with Crippen molar-refractivity contribution in [1.82, 2.24) is 10.3 Å². The minimum absolute atomic E-state index is 0.193. The average molecular weight is 380 g/mol. The third-order valence-electron chi connectivity index (χ3n) is 3.77. The van der Waals surface area contributed by atoms with Crippen LogP contribution in [0.3, 0.4) is 0 Å². The molecule has 0 saturated carbocycles. The summed E-state index contributed by atoms with van der Waals surface area (Å²) in [7, 11) is 1.30. The number of halogens is 2. The van der Waals surface area contributed by atoms with E-state index in [1.807, 2.05) is 12.3 Å². The fourth-order valence-corrected chi connectivity index (χ4v) is 3.47. The number of allylic oxidation sites excluding steroid dienone is 1. The molecule has 8 heteroatoms. The van der Waals surface area contributed by atoms with E-state index < -0.39 is 17.8 Å². The number of carbonyl (C=O) groups excluding carboxylic acids is 1. The number of benzene rings is 1. The molecule has 0 saturated heterocycles. The van der Waals surface area contributed by atoms with Crippen LogP contribution in [0.1, 0.15) is 29.2 Å². The van der Waals surface area contributed by atoms with E-state index in [2.05, 4.69) is 15.3 Å². The van der Waals surface area contributed by atoms with Gasteiger partial charge in [0.15, 0.2) is 5.84 Å². The number of hydrogen-bond donors (Lipinski definition) is 1. The Balaban J connectivity index is 2.14. The number of carbonyl (C=O) groups is 1. The van der Waals surface area contributed by atoms with Gasteiger partial charge in [-0.2, -0.15) is 0 Å². The van der Waals surface area contributed by atoms with Crippen LogP contribution in [0, 0.1) is 12.7 Å². The number of aryl methyl sites for hydroxylation is 1. The Morgan fingerprint density at radius 1 is 1.40 bits per heavy atom. The molecule has 1 aromatic heterocycles. The highest BCUT2D eigenvalue weighted by Crippen LogP contribution is 2.36. The number of amidine groups is 1. The van der Waals surface area contributed by atoms with Crippen LogP contribution in [0.2, 0.25) is 5.02 Å². The molecule has 1 atom stereocenters. The van der Waals surface area contributed by atoms with Crippen LogP contribution in [0.15, 0.2) is 39.8 Å². The Kier molecular flexibility index (Phi) is 4.87. The molecule has 5 nitrogen and oxygen atoms in total.